The fourth-order valence-corrected chi connectivity index (χ4v) is 11.2. The molecule has 12 atom stereocenters. The van der Waals surface area contributed by atoms with Crippen molar-refractivity contribution in [2.24, 2.45) is 62.4 Å². The van der Waals surface area contributed by atoms with Gasteiger partial charge in [-0.15, -0.1) is 0 Å². The third kappa shape index (κ3) is 5.96. The Labute approximate surface area is 273 Å². The predicted molar refractivity (Wildman–Crippen MR) is 179 cm³/mol. The highest BCUT2D eigenvalue weighted by molar-refractivity contribution is 5.73. The molecular formula is C37H66N2O6. The first-order valence-corrected chi connectivity index (χ1v) is 17.7. The van der Waals surface area contributed by atoms with Gasteiger partial charge in [0, 0.05) is 37.1 Å². The summed E-state index contributed by atoms with van der Waals surface area (Å²) in [7, 11) is 1.75. The summed E-state index contributed by atoms with van der Waals surface area (Å²) in [5.41, 5.74) is 6.26. The van der Waals surface area contributed by atoms with E-state index in [4.69, 9.17) is 19.9 Å². The van der Waals surface area contributed by atoms with Crippen LogP contribution in [0.15, 0.2) is 11.6 Å². The summed E-state index contributed by atoms with van der Waals surface area (Å²) in [6.07, 6.45) is 7.11. The van der Waals surface area contributed by atoms with E-state index >= 15 is 0 Å². The molecular weight excluding hydrogens is 568 g/mol. The van der Waals surface area contributed by atoms with E-state index in [0.29, 0.717) is 56.6 Å². The maximum atomic E-state index is 13.3. The Morgan fingerprint density at radius 3 is 2.36 bits per heavy atom. The highest BCUT2D eigenvalue weighted by Crippen LogP contribution is 2.73. The van der Waals surface area contributed by atoms with Gasteiger partial charge in [0.25, 0.3) is 0 Å². The van der Waals surface area contributed by atoms with Crippen molar-refractivity contribution in [3.8, 4) is 0 Å². The summed E-state index contributed by atoms with van der Waals surface area (Å²) in [5.74, 6) is 0.432. The minimum absolute atomic E-state index is 0.0464. The number of carboxylic acid groups (broad SMARTS) is 1. The molecule has 1 saturated heterocycles. The Morgan fingerprint density at radius 2 is 1.76 bits per heavy atom. The van der Waals surface area contributed by atoms with Crippen LogP contribution in [0.3, 0.4) is 0 Å². The van der Waals surface area contributed by atoms with E-state index in [2.05, 4.69) is 73.7 Å². The number of hydrogen-bond donors (Lipinski definition) is 4. The lowest BCUT2D eigenvalue weighted by molar-refractivity contribution is -0.224. The highest BCUT2D eigenvalue weighted by atomic mass is 16.5. The molecule has 0 aromatic carbocycles. The number of nitrogens with two attached hydrogens (primary N) is 1. The Balaban J connectivity index is 1.66. The van der Waals surface area contributed by atoms with Gasteiger partial charge >= 0.3 is 5.97 Å². The van der Waals surface area contributed by atoms with Gasteiger partial charge in [-0.05, 0) is 78.9 Å². The Hall–Kier alpha value is -1.03. The van der Waals surface area contributed by atoms with Gasteiger partial charge < -0.3 is 35.5 Å². The van der Waals surface area contributed by atoms with Crippen LogP contribution >= 0.6 is 0 Å². The van der Waals surface area contributed by atoms with Gasteiger partial charge in [0.15, 0.2) is 0 Å². The van der Waals surface area contributed by atoms with Crippen LogP contribution in [0, 0.1) is 56.7 Å². The van der Waals surface area contributed by atoms with Gasteiger partial charge in [-0.1, -0.05) is 67.0 Å². The van der Waals surface area contributed by atoms with Crippen LogP contribution in [0.2, 0.25) is 0 Å². The Kier molecular flexibility index (Phi) is 11.0. The smallest absolute Gasteiger partial charge is 0.307 e. The summed E-state index contributed by atoms with van der Waals surface area (Å²) < 4.78 is 19.2. The summed E-state index contributed by atoms with van der Waals surface area (Å²) >= 11 is 0. The molecule has 4 rings (SSSR count). The van der Waals surface area contributed by atoms with E-state index in [0.717, 1.165) is 32.1 Å². The summed E-state index contributed by atoms with van der Waals surface area (Å²) in [5, 5.41) is 23.5. The number of aliphatic carboxylic acids is 1. The quantitative estimate of drug-likeness (QED) is 0.154. The van der Waals surface area contributed by atoms with Crippen molar-refractivity contribution in [1.29, 1.82) is 0 Å². The number of methoxy groups -OCH3 is 1. The van der Waals surface area contributed by atoms with Crippen LogP contribution in [0.25, 0.3) is 0 Å². The van der Waals surface area contributed by atoms with Gasteiger partial charge in [-0.2, -0.15) is 0 Å². The van der Waals surface area contributed by atoms with E-state index in [-0.39, 0.29) is 51.9 Å². The second-order valence-electron chi connectivity index (χ2n) is 17.0. The summed E-state index contributed by atoms with van der Waals surface area (Å²) in [6, 6.07) is -0.284. The van der Waals surface area contributed by atoms with Crippen LogP contribution in [0.1, 0.15) is 94.4 Å². The second-order valence-corrected chi connectivity index (χ2v) is 17.0. The molecule has 0 amide bonds. The number of aliphatic hydroxyl groups excluding tert-OH is 1. The number of aliphatic hydroxyl groups is 1. The number of carboxylic acids is 1. The van der Waals surface area contributed by atoms with Crippen molar-refractivity contribution >= 4 is 5.97 Å². The van der Waals surface area contributed by atoms with Gasteiger partial charge in [-0.3, -0.25) is 4.79 Å². The van der Waals surface area contributed by atoms with E-state index in [1.54, 1.807) is 7.11 Å². The largest absolute Gasteiger partial charge is 0.481 e. The number of nitrogens with one attached hydrogen (secondary N) is 1. The van der Waals surface area contributed by atoms with Crippen molar-refractivity contribution in [1.82, 2.24) is 5.32 Å². The summed E-state index contributed by atoms with van der Waals surface area (Å²) in [4.78, 5) is 13.3. The standard InChI is InChI=1S/C37H66N2O6/c1-23(2)24(3)33(5)15-16-36(8)28-11-12-29-34(6,27(28)13-14-37(36,9)30(33)32(41)42)21-44-22-35(29,7)31(25(4)43-10)45-18-17-39-19-26(38)20-40/h13,23-26,28-31,39-40H,11-12,14-22,38H2,1-10H3,(H,41,42)/t24-,25-,26-,28+,29?,30-,31+,33-,34+,35?,36-,37+/m1/s1. The van der Waals surface area contributed by atoms with Crippen LogP contribution in [-0.2, 0) is 19.0 Å². The van der Waals surface area contributed by atoms with Crippen LogP contribution in [0.5, 0.6) is 0 Å². The van der Waals surface area contributed by atoms with Crippen molar-refractivity contribution in [3.63, 3.8) is 0 Å². The highest BCUT2D eigenvalue weighted by Gasteiger charge is 2.69. The molecule has 260 valence electrons. The second kappa shape index (κ2) is 13.5. The average molecular weight is 635 g/mol. The molecule has 3 fully saturated rings. The van der Waals surface area contributed by atoms with Crippen LogP contribution in [-0.4, -0.2) is 81.1 Å². The zero-order valence-corrected chi connectivity index (χ0v) is 30.1. The van der Waals surface area contributed by atoms with Crippen molar-refractivity contribution in [2.75, 3.05) is 46.6 Å². The molecule has 8 nitrogen and oxygen atoms in total. The first-order valence-electron chi connectivity index (χ1n) is 17.7. The zero-order chi connectivity index (χ0) is 33.6. The first kappa shape index (κ1) is 36.8. The topological polar surface area (TPSA) is 123 Å². The SMILES string of the molecule is CO[C@H](C)[C@H](OCCNC[C@@H](N)CO)C1(C)COC[C@@]2(C)C3=CC[C@@]4(C)[C@H](C(=O)O)[C@@](C)([C@H](C)C(C)C)CC[C@]4(C)[C@H]3CCC12. The number of rotatable bonds is 13. The summed E-state index contributed by atoms with van der Waals surface area (Å²) in [6.45, 7) is 23.6. The molecule has 0 aromatic heterocycles. The molecule has 0 bridgehead atoms. The van der Waals surface area contributed by atoms with Gasteiger partial charge in [-0.25, -0.2) is 0 Å². The van der Waals surface area contributed by atoms with E-state index in [9.17, 15) is 15.0 Å². The third-order valence-electron chi connectivity index (χ3n) is 14.4. The molecule has 45 heavy (non-hydrogen) atoms. The number of ether oxygens (including phenoxy) is 3. The molecule has 8 heteroatoms. The van der Waals surface area contributed by atoms with Crippen LogP contribution in [0.4, 0.5) is 0 Å². The maximum Gasteiger partial charge on any atom is 0.307 e. The van der Waals surface area contributed by atoms with E-state index < -0.39 is 11.9 Å². The third-order valence-corrected chi connectivity index (χ3v) is 14.4. The minimum Gasteiger partial charge on any atom is -0.481 e. The van der Waals surface area contributed by atoms with Gasteiger partial charge in [0.1, 0.15) is 0 Å². The fraction of sp³-hybridized carbons (Fsp3) is 0.919. The lowest BCUT2D eigenvalue weighted by Gasteiger charge is -2.69. The van der Waals surface area contributed by atoms with E-state index in [1.807, 2.05) is 0 Å². The normalized spacial score (nSPS) is 42.5. The molecule has 0 radical (unpaired) electrons. The molecule has 4 aliphatic rings. The number of carbonyl (C=O) groups is 1. The van der Waals surface area contributed by atoms with Gasteiger partial charge in [0.05, 0.1) is 44.6 Å². The molecule has 0 aromatic rings. The number of hydrogen-bond acceptors (Lipinski definition) is 7. The number of fused-ring (bicyclic) bond motifs is 5. The lowest BCUT2D eigenvalue weighted by Crippen LogP contribution is -2.66. The maximum absolute atomic E-state index is 13.3. The predicted octanol–water partition coefficient (Wildman–Crippen LogP) is 5.52. The molecule has 2 saturated carbocycles. The van der Waals surface area contributed by atoms with Crippen molar-refractivity contribution in [3.05, 3.63) is 11.6 Å². The lowest BCUT2D eigenvalue weighted by atomic mass is 9.35. The minimum atomic E-state index is -0.620. The molecule has 2 unspecified atom stereocenters. The molecule has 3 aliphatic carbocycles. The molecule has 1 heterocycles. The fourth-order valence-electron chi connectivity index (χ4n) is 11.2. The molecule has 5 N–H and O–H groups in total. The van der Waals surface area contributed by atoms with Crippen molar-refractivity contribution in [2.45, 2.75) is 113 Å². The Morgan fingerprint density at radius 1 is 1.07 bits per heavy atom. The first-order chi connectivity index (χ1) is 21.0. The van der Waals surface area contributed by atoms with Crippen molar-refractivity contribution < 1.29 is 29.2 Å². The Bertz CT molecular complexity index is 1080. The van der Waals surface area contributed by atoms with E-state index in [1.165, 1.54) is 5.57 Å². The van der Waals surface area contributed by atoms with Gasteiger partial charge in [0.2, 0.25) is 0 Å². The molecule has 0 spiro atoms. The molecule has 1 aliphatic heterocycles. The average Bonchev–Trinajstić information content (AvgIpc) is 2.98. The zero-order valence-electron chi connectivity index (χ0n) is 30.1. The monoisotopic (exact) mass is 634 g/mol. The van der Waals surface area contributed by atoms with Crippen LogP contribution < -0.4 is 11.1 Å². The number of allylic oxidation sites excluding steroid dienone is 1.